The molecular formula is C2H2BrCl2F. The van der Waals surface area contributed by atoms with Crippen LogP contribution in [0.5, 0.6) is 0 Å². The van der Waals surface area contributed by atoms with Gasteiger partial charge in [-0.05, 0) is 0 Å². The van der Waals surface area contributed by atoms with Crippen molar-refractivity contribution in [1.29, 1.82) is 0 Å². The Kier molecular flexibility index (Phi) is 3.56. The molecule has 38 valence electrons. The second kappa shape index (κ2) is 3.05. The van der Waals surface area contributed by atoms with Gasteiger partial charge in [0.05, 0.1) is 0 Å². The molecule has 0 bridgehead atoms. The highest BCUT2D eigenvalue weighted by Crippen LogP contribution is 2.16. The molecule has 0 aliphatic carbocycles. The average molecular weight is 196 g/mol. The second-order valence-electron chi connectivity index (χ2n) is 0.669. The first-order chi connectivity index (χ1) is 2.64. The van der Waals surface area contributed by atoms with E-state index in [0.717, 1.165) is 0 Å². The van der Waals surface area contributed by atoms with E-state index in [1.807, 2.05) is 0 Å². The Morgan fingerprint density at radius 2 is 1.67 bits per heavy atom. The van der Waals surface area contributed by atoms with Gasteiger partial charge in [-0.2, -0.15) is 0 Å². The van der Waals surface area contributed by atoms with Gasteiger partial charge in [0, 0.05) is 0 Å². The molecule has 0 amide bonds. The summed E-state index contributed by atoms with van der Waals surface area (Å²) in [6.45, 7) is 0. The Balaban J connectivity index is 2.99. The van der Waals surface area contributed by atoms with E-state index in [4.69, 9.17) is 23.2 Å². The fourth-order valence-corrected chi connectivity index (χ4v) is 0. The molecular weight excluding hydrogens is 194 g/mol. The molecule has 0 radical (unpaired) electrons. The van der Waals surface area contributed by atoms with Gasteiger partial charge in [0.25, 0.3) is 0 Å². The summed E-state index contributed by atoms with van der Waals surface area (Å²) in [5, 5.41) is 0. The molecule has 0 saturated carbocycles. The first-order valence-corrected chi connectivity index (χ1v) is 2.99. The van der Waals surface area contributed by atoms with Gasteiger partial charge in [0.2, 0.25) is 0 Å². The fraction of sp³-hybridized carbons (Fsp3) is 1.00. The van der Waals surface area contributed by atoms with Crippen LogP contribution in [0.2, 0.25) is 0 Å². The van der Waals surface area contributed by atoms with Gasteiger partial charge in [-0.3, -0.25) is 0 Å². The molecule has 0 fully saturated rings. The van der Waals surface area contributed by atoms with Crippen LogP contribution in [0.25, 0.3) is 0 Å². The van der Waals surface area contributed by atoms with Crippen LogP contribution in [0.4, 0.5) is 4.39 Å². The smallest absolute Gasteiger partial charge is 0.199 e. The third-order valence-corrected chi connectivity index (χ3v) is 1.56. The molecule has 2 atom stereocenters. The van der Waals surface area contributed by atoms with Crippen LogP contribution >= 0.6 is 39.1 Å². The number of halogens is 4. The fourth-order valence-electron chi connectivity index (χ4n) is 0. The summed E-state index contributed by atoms with van der Waals surface area (Å²) >= 11 is 12.5. The van der Waals surface area contributed by atoms with E-state index in [-0.39, 0.29) is 0 Å². The van der Waals surface area contributed by atoms with Crippen LogP contribution < -0.4 is 0 Å². The van der Waals surface area contributed by atoms with Gasteiger partial charge in [0.1, 0.15) is 4.29 Å². The van der Waals surface area contributed by atoms with Crippen LogP contribution in [-0.2, 0) is 0 Å². The van der Waals surface area contributed by atoms with E-state index in [9.17, 15) is 4.39 Å². The molecule has 0 N–H and O–H groups in total. The van der Waals surface area contributed by atoms with Crippen molar-refractivity contribution in [2.75, 3.05) is 0 Å². The predicted molar refractivity (Wildman–Crippen MR) is 29.3 cm³/mol. The summed E-state index contributed by atoms with van der Waals surface area (Å²) in [6.07, 6.45) is 0. The first kappa shape index (κ1) is 6.99. The highest BCUT2D eigenvalue weighted by molar-refractivity contribution is 9.10. The van der Waals surface area contributed by atoms with Crippen molar-refractivity contribution >= 4 is 39.1 Å². The largest absolute Gasteiger partial charge is 0.227 e. The van der Waals surface area contributed by atoms with Gasteiger partial charge in [-0.25, -0.2) is 4.39 Å². The topological polar surface area (TPSA) is 0 Å². The summed E-state index contributed by atoms with van der Waals surface area (Å²) in [7, 11) is 0. The van der Waals surface area contributed by atoms with Crippen molar-refractivity contribution in [2.45, 2.75) is 9.92 Å². The van der Waals surface area contributed by atoms with Gasteiger partial charge < -0.3 is 0 Å². The van der Waals surface area contributed by atoms with Gasteiger partial charge in [-0.1, -0.05) is 27.5 Å². The number of alkyl halides is 4. The van der Waals surface area contributed by atoms with Crippen molar-refractivity contribution < 1.29 is 4.39 Å². The summed E-state index contributed by atoms with van der Waals surface area (Å²) in [6, 6.07) is 0. The van der Waals surface area contributed by atoms with Crippen LogP contribution in [0, 0.1) is 0 Å². The molecule has 0 aliphatic heterocycles. The highest BCUT2D eigenvalue weighted by Gasteiger charge is 2.08. The average Bonchev–Trinajstić information content (AvgIpc) is 1.36. The molecule has 0 aromatic carbocycles. The van der Waals surface area contributed by atoms with Gasteiger partial charge in [-0.15, -0.1) is 11.6 Å². The Hall–Kier alpha value is 0.990. The Morgan fingerprint density at radius 1 is 1.50 bits per heavy atom. The highest BCUT2D eigenvalue weighted by atomic mass is 79.9. The Morgan fingerprint density at radius 3 is 1.67 bits per heavy atom. The van der Waals surface area contributed by atoms with Gasteiger partial charge in [0.15, 0.2) is 5.63 Å². The molecule has 0 spiro atoms. The lowest BCUT2D eigenvalue weighted by molar-refractivity contribution is 0.470. The van der Waals surface area contributed by atoms with E-state index in [2.05, 4.69) is 15.9 Å². The number of hydrogen-bond acceptors (Lipinski definition) is 0. The number of rotatable bonds is 1. The monoisotopic (exact) mass is 194 g/mol. The lowest BCUT2D eigenvalue weighted by Gasteiger charge is -1.94. The predicted octanol–water partition coefficient (Wildman–Crippen LogP) is 2.48. The molecule has 0 unspecified atom stereocenters. The van der Waals surface area contributed by atoms with Crippen LogP contribution in [-0.4, -0.2) is 9.92 Å². The third kappa shape index (κ3) is 3.19. The number of hydrogen-bond donors (Lipinski definition) is 0. The zero-order valence-electron chi connectivity index (χ0n) is 2.67. The molecule has 0 heterocycles. The van der Waals surface area contributed by atoms with E-state index in [1.54, 1.807) is 0 Å². The maximum absolute atomic E-state index is 11.4. The maximum Gasteiger partial charge on any atom is 0.199 e. The lowest BCUT2D eigenvalue weighted by atomic mass is 10.9. The zero-order chi connectivity index (χ0) is 5.15. The maximum atomic E-state index is 11.4. The van der Waals surface area contributed by atoms with E-state index in [1.165, 1.54) is 0 Å². The normalized spacial score (nSPS) is 20.0. The van der Waals surface area contributed by atoms with Gasteiger partial charge >= 0.3 is 0 Å². The Bertz CT molecular complexity index is 32.5. The molecule has 0 nitrogen and oxygen atoms in total. The molecule has 0 rings (SSSR count). The molecule has 4 heteroatoms. The van der Waals surface area contributed by atoms with E-state index in [0.29, 0.717) is 0 Å². The summed E-state index contributed by atoms with van der Waals surface area (Å²) in [4.78, 5) is 0. The Labute approximate surface area is 53.7 Å². The molecule has 0 aromatic rings. The SMILES string of the molecule is F[C@H](Cl)[C@@H](Cl)Br. The first-order valence-electron chi connectivity index (χ1n) is 1.21. The van der Waals surface area contributed by atoms with E-state index >= 15 is 0 Å². The third-order valence-electron chi connectivity index (χ3n) is 0.190. The minimum atomic E-state index is -1.49. The minimum Gasteiger partial charge on any atom is -0.227 e. The van der Waals surface area contributed by atoms with Crippen LogP contribution in [0.15, 0.2) is 0 Å². The summed E-state index contributed by atoms with van der Waals surface area (Å²) < 4.78 is 10.6. The molecule has 0 aromatic heterocycles. The van der Waals surface area contributed by atoms with Crippen molar-refractivity contribution in [1.82, 2.24) is 0 Å². The second-order valence-corrected chi connectivity index (χ2v) is 3.07. The van der Waals surface area contributed by atoms with Crippen molar-refractivity contribution in [3.05, 3.63) is 0 Å². The van der Waals surface area contributed by atoms with Crippen molar-refractivity contribution in [3.8, 4) is 0 Å². The molecule has 6 heavy (non-hydrogen) atoms. The lowest BCUT2D eigenvalue weighted by Crippen LogP contribution is -1.97. The van der Waals surface area contributed by atoms with E-state index < -0.39 is 9.92 Å². The standard InChI is InChI=1S/C2H2BrCl2F/c3-1(4)2(5)6/h1-2H/t1-,2+/m1/s1. The summed E-state index contributed by atoms with van der Waals surface area (Å²) in [5.41, 5.74) is -1.49. The van der Waals surface area contributed by atoms with Crippen LogP contribution in [0.1, 0.15) is 0 Å². The van der Waals surface area contributed by atoms with Crippen molar-refractivity contribution in [2.24, 2.45) is 0 Å². The summed E-state index contributed by atoms with van der Waals surface area (Å²) in [5.74, 6) is 0. The van der Waals surface area contributed by atoms with Crippen LogP contribution in [0.3, 0.4) is 0 Å². The van der Waals surface area contributed by atoms with Crippen molar-refractivity contribution in [3.63, 3.8) is 0 Å². The minimum absolute atomic E-state index is 0.765. The quantitative estimate of drug-likeness (QED) is 0.565. The molecule has 0 saturated heterocycles. The molecule has 0 aliphatic rings. The zero-order valence-corrected chi connectivity index (χ0v) is 5.76.